The van der Waals surface area contributed by atoms with E-state index >= 15 is 0 Å². The number of pyridine rings is 2. The number of nitrogens with zero attached hydrogens (tertiary/aromatic N) is 7. The fourth-order valence-corrected chi connectivity index (χ4v) is 4.19. The summed E-state index contributed by atoms with van der Waals surface area (Å²) in [6.07, 6.45) is 15.9. The van der Waals surface area contributed by atoms with Crippen LogP contribution < -0.4 is 11.1 Å². The zero-order valence-electron chi connectivity index (χ0n) is 30.1. The zero-order chi connectivity index (χ0) is 40.3. The number of anilines is 2. The second kappa shape index (κ2) is 28.9. The summed E-state index contributed by atoms with van der Waals surface area (Å²) in [6.45, 7) is 3.56. The number of nitroso groups, excluding NO2 is 1. The number of terminal acetylenes is 2. The highest BCUT2D eigenvalue weighted by atomic mass is 16.5. The molecular formula is C44H54N10O2. The summed E-state index contributed by atoms with van der Waals surface area (Å²) in [7, 11) is 2.17. The van der Waals surface area contributed by atoms with E-state index in [1.54, 1.807) is 6.20 Å². The first-order valence-corrected chi connectivity index (χ1v) is 16.1. The molecule has 0 amide bonds. The van der Waals surface area contributed by atoms with Gasteiger partial charge in [-0.25, -0.2) is 9.97 Å². The number of aromatic nitrogens is 2. The Bertz CT molecular complexity index is 2500. The van der Waals surface area contributed by atoms with Gasteiger partial charge in [0.15, 0.2) is 0 Å². The lowest BCUT2D eigenvalue weighted by Crippen LogP contribution is -2.34. The minimum Gasteiger partial charge on any atom is -0.383 e. The highest BCUT2D eigenvalue weighted by Gasteiger charge is 2.17. The molecule has 0 spiro atoms. The van der Waals surface area contributed by atoms with E-state index in [9.17, 15) is 0 Å². The third-order valence-corrected chi connectivity index (χ3v) is 6.64. The van der Waals surface area contributed by atoms with Crippen LogP contribution in [-0.2, 0) is 17.9 Å². The fraction of sp³-hybridized carbons (Fsp3) is 0.182. The van der Waals surface area contributed by atoms with Crippen LogP contribution in [0.3, 0.4) is 0 Å². The van der Waals surface area contributed by atoms with Crippen molar-refractivity contribution in [3.63, 3.8) is 0 Å². The number of ether oxygens (including phenoxy) is 1. The van der Waals surface area contributed by atoms with E-state index in [0.717, 1.165) is 48.1 Å². The molecule has 0 bridgehead atoms. The van der Waals surface area contributed by atoms with Gasteiger partial charge in [0, 0.05) is 83.4 Å². The summed E-state index contributed by atoms with van der Waals surface area (Å²) in [6, 6.07) is 12.3. The summed E-state index contributed by atoms with van der Waals surface area (Å²) in [4.78, 5) is 19.8. The van der Waals surface area contributed by atoms with E-state index < -0.39 is 0 Å². The van der Waals surface area contributed by atoms with E-state index in [2.05, 4.69) is 180 Å². The van der Waals surface area contributed by atoms with Gasteiger partial charge in [-0.05, 0) is 166 Å². The van der Waals surface area contributed by atoms with Crippen molar-refractivity contribution in [1.82, 2.24) is 14.9 Å². The summed E-state index contributed by atoms with van der Waals surface area (Å²) in [5, 5.41) is 14.7. The number of nitrogens with two attached hydrogens (primary N) is 1. The summed E-state index contributed by atoms with van der Waals surface area (Å²) in [5.41, 5.74) is 14.1. The monoisotopic (exact) mass is 754 g/mol. The van der Waals surface area contributed by atoms with Crippen LogP contribution in [0.2, 0.25) is 0 Å². The average molecular weight is 755 g/mol. The first-order chi connectivity index (χ1) is 27.5. The van der Waals surface area contributed by atoms with Crippen molar-refractivity contribution in [2.45, 2.75) is 32.1 Å². The summed E-state index contributed by atoms with van der Waals surface area (Å²) < 4.78 is 6.09. The highest BCUT2D eigenvalue weighted by Crippen LogP contribution is 2.21. The van der Waals surface area contributed by atoms with E-state index in [1.165, 1.54) is 5.56 Å². The van der Waals surface area contributed by atoms with Gasteiger partial charge in [-0.3, -0.25) is 0 Å². The summed E-state index contributed by atoms with van der Waals surface area (Å²) >= 11 is 0. The van der Waals surface area contributed by atoms with Crippen LogP contribution in [0.25, 0.3) is 10.8 Å². The van der Waals surface area contributed by atoms with E-state index in [0.29, 0.717) is 25.1 Å². The summed E-state index contributed by atoms with van der Waals surface area (Å²) in [5.74, 6) is 49.6. The molecule has 0 unspecified atom stereocenters. The van der Waals surface area contributed by atoms with E-state index in [-0.39, 0.29) is 17.1 Å². The Kier molecular flexibility index (Phi) is 22.4. The second-order valence-corrected chi connectivity index (χ2v) is 10.4. The molecule has 1 aromatic carbocycles. The molecule has 0 aliphatic carbocycles. The van der Waals surface area contributed by atoms with E-state index in [1.807, 2.05) is 29.7 Å². The maximum Gasteiger partial charge on any atom is 0.131 e. The number of fused-ring (bicyclic) bond motifs is 1. The van der Waals surface area contributed by atoms with Gasteiger partial charge in [0.25, 0.3) is 0 Å². The van der Waals surface area contributed by atoms with Crippen molar-refractivity contribution in [3.8, 4) is 131 Å². The van der Waals surface area contributed by atoms with Crippen molar-refractivity contribution < 1.29 is 21.9 Å². The molecule has 0 atom stereocenters. The van der Waals surface area contributed by atoms with Gasteiger partial charge >= 0.3 is 0 Å². The quantitative estimate of drug-likeness (QED) is 0.0916. The van der Waals surface area contributed by atoms with Crippen molar-refractivity contribution in [1.29, 1.82) is 5.53 Å². The van der Waals surface area contributed by atoms with E-state index in [4.69, 9.17) is 33.8 Å². The lowest BCUT2D eigenvalue weighted by atomic mass is 10.1. The maximum absolute atomic E-state index is 8.91. The first-order valence-electron chi connectivity index (χ1n) is 16.1. The molecule has 1 saturated heterocycles. The van der Waals surface area contributed by atoms with Gasteiger partial charge in [-0.1, -0.05) is 12.1 Å². The van der Waals surface area contributed by atoms with Crippen LogP contribution >= 0.6 is 0 Å². The number of nitrogens with one attached hydrogen (secondary N) is 2. The predicted octanol–water partition coefficient (Wildman–Crippen LogP) is 7.74. The molecule has 2 aromatic heterocycles. The normalized spacial score (nSPS) is 10.3. The fourth-order valence-electron chi connectivity index (χ4n) is 4.19. The van der Waals surface area contributed by atoms with Gasteiger partial charge < -0.3 is 20.7 Å². The lowest BCUT2D eigenvalue weighted by molar-refractivity contribution is 0.00213. The number of nitrogen functional groups attached to an aromatic ring is 1. The van der Waals surface area contributed by atoms with Crippen molar-refractivity contribution >= 4 is 22.4 Å². The Morgan fingerprint density at radius 2 is 1.32 bits per heavy atom. The minimum atomic E-state index is 0. The molecule has 4 rings (SSSR count). The molecule has 0 radical (unpaired) electrons. The number of piperidine rings is 1. The zero-order valence-corrected chi connectivity index (χ0v) is 30.1. The van der Waals surface area contributed by atoms with Gasteiger partial charge in [-0.2, -0.15) is 5.53 Å². The van der Waals surface area contributed by atoms with Crippen LogP contribution in [-0.4, -0.2) is 41.1 Å². The minimum absolute atomic E-state index is 0. The molecular weight excluding hydrogens is 701 g/mol. The number of hydrogen-bond acceptors (Lipinski definition) is 8. The molecule has 4 N–H and O–H groups in total. The predicted molar refractivity (Wildman–Crippen MR) is 242 cm³/mol. The van der Waals surface area contributed by atoms with Crippen molar-refractivity contribution in [3.05, 3.63) is 64.8 Å². The van der Waals surface area contributed by atoms with Gasteiger partial charge in [0.2, 0.25) is 0 Å². The number of likely N-dealkylation sites (tertiary alicyclic amines) is 1. The smallest absolute Gasteiger partial charge is 0.131 e. The van der Waals surface area contributed by atoms with Gasteiger partial charge in [0.05, 0.1) is 12.7 Å². The molecule has 0 saturated carbocycles. The Balaban J connectivity index is -0.0000000831. The molecule has 3 aromatic rings. The number of rotatable bonds is 8. The van der Waals surface area contributed by atoms with Crippen molar-refractivity contribution in [2.24, 2.45) is 21.0 Å². The van der Waals surface area contributed by atoms with Crippen LogP contribution in [0.15, 0.2) is 69.7 Å². The first kappa shape index (κ1) is 43.4. The molecule has 1 aliphatic rings. The Hall–Kier alpha value is -8.74. The van der Waals surface area contributed by atoms with Crippen LogP contribution in [0.4, 0.5) is 11.6 Å². The van der Waals surface area contributed by atoms with Crippen LogP contribution in [0.5, 0.6) is 0 Å². The number of benzene rings is 1. The third kappa shape index (κ3) is 20.2. The Morgan fingerprint density at radius 1 is 0.786 bits per heavy atom. The average Bonchev–Trinajstić information content (AvgIpc) is 3.22. The number of hydrogen-bond donors (Lipinski definition) is 3. The molecule has 1 fully saturated rings. The molecule has 12 nitrogen and oxygen atoms in total. The largest absolute Gasteiger partial charge is 0.383 e. The third-order valence-electron chi connectivity index (χ3n) is 6.64. The molecule has 3 heterocycles. The second-order valence-electron chi connectivity index (χ2n) is 10.4. The van der Waals surface area contributed by atoms with Crippen LogP contribution in [0, 0.1) is 142 Å². The van der Waals surface area contributed by atoms with Crippen molar-refractivity contribution in [2.75, 3.05) is 31.2 Å². The van der Waals surface area contributed by atoms with Gasteiger partial charge in [-0.15, -0.1) is 17.8 Å². The SMILES string of the molecule is C#CC#CC#CC#CC#CC#CC#CC#CC#CC#CC#C.CN1CCC(OCc2ccnc(NCc3ccc4c(N)nccc4c3)c2)CC1.N=N/N=N/N=O.[HH].[HH].[HH].[HH].[HH].[HH].[HH].[HH].[HH].[HH].[HH].[HH]. The molecule has 292 valence electrons. The maximum atomic E-state index is 8.91. The highest BCUT2D eigenvalue weighted by molar-refractivity contribution is 5.91. The molecule has 56 heavy (non-hydrogen) atoms. The standard InChI is InChI=1S/C22H27N5O.C22H2.HN5O.12H2/c1-27-10-6-19(7-11-27)28-15-17-4-8-24-21(13-17)26-14-16-2-3-20-18(12-16)5-9-25-22(20)23;1-3-5-7-9-11-13-15-17-19-21-22-20-18-16-14-12-10-8-6-4-2;1-2-3-4-5-6;;;;;;;;;;;;/h2-5,8-9,12-13,19H,6-7,10-11,14-15H2,1H3,(H2,23,25)(H,24,26);1-2H;1H;12*1H/b;;2-1?,4-3+;;;;;;;;;;;;. The van der Waals surface area contributed by atoms with Crippen LogP contribution in [0.1, 0.15) is 41.1 Å². The topological polar surface area (TPSA) is 167 Å². The Morgan fingerprint density at radius 3 is 1.82 bits per heavy atom. The lowest BCUT2D eigenvalue weighted by Gasteiger charge is -2.28. The molecule has 12 heteroatoms. The molecule has 1 aliphatic heterocycles. The Labute approximate surface area is 344 Å². The van der Waals surface area contributed by atoms with Gasteiger partial charge in [0.1, 0.15) is 16.9 Å².